The number of halogens is 3. The van der Waals surface area contributed by atoms with Crippen molar-refractivity contribution in [2.75, 3.05) is 29.4 Å². The number of alkyl halides is 2. The number of carbonyl (C=O) groups is 3. The highest BCUT2D eigenvalue weighted by Crippen LogP contribution is 2.36. The first-order valence-electron chi connectivity index (χ1n) is 8.79. The molecule has 7 nitrogen and oxygen atoms in total. The molecule has 10 heteroatoms. The van der Waals surface area contributed by atoms with Gasteiger partial charge in [-0.25, -0.2) is 9.18 Å². The van der Waals surface area contributed by atoms with Gasteiger partial charge in [0.05, 0.1) is 30.5 Å². The number of hydrogen-bond acceptors (Lipinski definition) is 5. The molecule has 0 bridgehead atoms. The van der Waals surface area contributed by atoms with Crippen LogP contribution in [0.2, 0.25) is 0 Å². The smallest absolute Gasteiger partial charge is 0.414 e. The Labute approximate surface area is 171 Å². The zero-order chi connectivity index (χ0) is 20.6. The van der Waals surface area contributed by atoms with E-state index in [4.69, 9.17) is 27.9 Å². The third-order valence-electron chi connectivity index (χ3n) is 4.87. The van der Waals surface area contributed by atoms with Crippen molar-refractivity contribution in [3.8, 4) is 0 Å². The number of anilines is 2. The van der Waals surface area contributed by atoms with Crippen molar-refractivity contribution in [3.63, 3.8) is 0 Å². The predicted octanol–water partition coefficient (Wildman–Crippen LogP) is 2.48. The van der Waals surface area contributed by atoms with E-state index in [1.165, 1.54) is 24.0 Å². The van der Waals surface area contributed by atoms with Crippen molar-refractivity contribution in [2.45, 2.75) is 30.8 Å². The van der Waals surface area contributed by atoms with Gasteiger partial charge in [-0.3, -0.25) is 14.5 Å². The number of hydrogen-bond donors (Lipinski definition) is 1. The molecule has 1 N–H and O–H groups in total. The molecule has 152 valence electrons. The van der Waals surface area contributed by atoms with Crippen LogP contribution in [0, 0.1) is 11.7 Å². The number of benzene rings is 1. The summed E-state index contributed by atoms with van der Waals surface area (Å²) in [7, 11) is 0. The Kier molecular flexibility index (Phi) is 6.00. The van der Waals surface area contributed by atoms with E-state index < -0.39 is 28.9 Å². The van der Waals surface area contributed by atoms with Gasteiger partial charge in [0.1, 0.15) is 11.9 Å². The number of carbonyl (C=O) groups excluding carboxylic acids is 3. The fourth-order valence-electron chi connectivity index (χ4n) is 3.50. The summed E-state index contributed by atoms with van der Waals surface area (Å²) in [5.41, 5.74) is 0.581. The Morgan fingerprint density at radius 1 is 1.36 bits per heavy atom. The molecule has 2 saturated heterocycles. The first-order chi connectivity index (χ1) is 13.2. The van der Waals surface area contributed by atoms with Gasteiger partial charge in [0.25, 0.3) is 0 Å². The summed E-state index contributed by atoms with van der Waals surface area (Å²) in [5, 5.41) is 2.58. The Morgan fingerprint density at radius 2 is 2.07 bits per heavy atom. The lowest BCUT2D eigenvalue weighted by Gasteiger charge is -2.47. The van der Waals surface area contributed by atoms with Gasteiger partial charge in [0.15, 0.2) is 10.6 Å². The molecule has 0 radical (unpaired) electrons. The van der Waals surface area contributed by atoms with Gasteiger partial charge >= 0.3 is 6.09 Å². The first kappa shape index (κ1) is 20.7. The second-order valence-electron chi connectivity index (χ2n) is 6.97. The molecule has 3 atom stereocenters. The minimum atomic E-state index is -1.17. The molecule has 1 aromatic rings. The van der Waals surface area contributed by atoms with E-state index in [1.54, 1.807) is 11.0 Å². The fourth-order valence-corrected chi connectivity index (χ4v) is 3.76. The molecule has 2 heterocycles. The quantitative estimate of drug-likeness (QED) is 0.699. The summed E-state index contributed by atoms with van der Waals surface area (Å²) in [6, 6.07) is 3.74. The Bertz CT molecular complexity index is 807. The van der Waals surface area contributed by atoms with Crippen molar-refractivity contribution in [1.82, 2.24) is 5.32 Å². The van der Waals surface area contributed by atoms with Crippen LogP contribution in [0.1, 0.15) is 13.8 Å². The molecule has 2 aliphatic rings. The molecule has 0 unspecified atom stereocenters. The minimum Gasteiger partial charge on any atom is -0.442 e. The number of rotatable bonds is 6. The molecular weight excluding hydrogens is 412 g/mol. The van der Waals surface area contributed by atoms with Crippen LogP contribution in [0.25, 0.3) is 0 Å². The van der Waals surface area contributed by atoms with Crippen molar-refractivity contribution < 1.29 is 23.5 Å². The minimum absolute atomic E-state index is 0.00895. The van der Waals surface area contributed by atoms with Crippen LogP contribution >= 0.6 is 23.2 Å². The highest BCUT2D eigenvalue weighted by Gasteiger charge is 2.44. The lowest BCUT2D eigenvalue weighted by molar-refractivity contribution is -0.121. The summed E-state index contributed by atoms with van der Waals surface area (Å²) >= 11 is 11.4. The number of ether oxygens (including phenoxy) is 1. The zero-order valence-corrected chi connectivity index (χ0v) is 16.8. The maximum Gasteiger partial charge on any atom is 0.414 e. The van der Waals surface area contributed by atoms with Crippen molar-refractivity contribution in [2.24, 2.45) is 5.92 Å². The van der Waals surface area contributed by atoms with Crippen molar-refractivity contribution in [3.05, 3.63) is 24.0 Å². The van der Waals surface area contributed by atoms with E-state index in [-0.39, 0.29) is 36.4 Å². The molecule has 1 aromatic carbocycles. The third-order valence-corrected chi connectivity index (χ3v) is 5.30. The average Bonchev–Trinajstić information content (AvgIpc) is 2.98. The van der Waals surface area contributed by atoms with Crippen LogP contribution in [0.5, 0.6) is 0 Å². The van der Waals surface area contributed by atoms with Gasteiger partial charge in [-0.05, 0) is 18.2 Å². The molecule has 0 spiro atoms. The number of ketones is 1. The maximum atomic E-state index is 14.8. The summed E-state index contributed by atoms with van der Waals surface area (Å²) in [6.07, 6.45) is -1.12. The van der Waals surface area contributed by atoms with Crippen LogP contribution < -0.4 is 15.1 Å². The van der Waals surface area contributed by atoms with Gasteiger partial charge in [-0.15, -0.1) is 0 Å². The van der Waals surface area contributed by atoms with Gasteiger partial charge < -0.3 is 15.0 Å². The topological polar surface area (TPSA) is 79.0 Å². The molecular formula is C18H20Cl2FN3O4. The van der Waals surface area contributed by atoms with Gasteiger partial charge in [-0.2, -0.15) is 0 Å². The number of amides is 2. The highest BCUT2D eigenvalue weighted by atomic mass is 35.5. The van der Waals surface area contributed by atoms with E-state index in [2.05, 4.69) is 5.32 Å². The van der Waals surface area contributed by atoms with E-state index in [0.29, 0.717) is 12.2 Å². The monoisotopic (exact) mass is 431 g/mol. The first-order valence-corrected chi connectivity index (χ1v) is 9.67. The largest absolute Gasteiger partial charge is 0.442 e. The van der Waals surface area contributed by atoms with Gasteiger partial charge in [0, 0.05) is 19.4 Å². The summed E-state index contributed by atoms with van der Waals surface area (Å²) in [5.74, 6) is -1.15. The molecule has 2 amide bonds. The van der Waals surface area contributed by atoms with Gasteiger partial charge in [0.2, 0.25) is 5.91 Å². The van der Waals surface area contributed by atoms with Crippen LogP contribution in [0.3, 0.4) is 0 Å². The lowest BCUT2D eigenvalue weighted by atomic mass is 9.86. The SMILES string of the molecule is CC(=O)NC[C@H]1CN(c2ccc(N3C[C@H](C)[C@H]3C(=O)C(Cl)Cl)c(F)c2)C(=O)O1. The third kappa shape index (κ3) is 4.03. The van der Waals surface area contributed by atoms with E-state index in [9.17, 15) is 18.8 Å². The predicted molar refractivity (Wildman–Crippen MR) is 103 cm³/mol. The molecule has 2 fully saturated rings. The van der Waals surface area contributed by atoms with E-state index in [0.717, 1.165) is 0 Å². The van der Waals surface area contributed by atoms with Crippen molar-refractivity contribution >= 4 is 52.4 Å². The normalized spacial score (nSPS) is 24.2. The standard InChI is InChI=1S/C18H20Cl2FN3O4/c1-9-7-24(15(9)16(26)17(19)20)14-4-3-11(5-13(14)21)23-8-12(28-18(23)27)6-22-10(2)25/h3-5,9,12,15,17H,6-8H2,1-2H3,(H,22,25)/t9-,12-,15-/m0/s1. The van der Waals surface area contributed by atoms with E-state index >= 15 is 0 Å². The summed E-state index contributed by atoms with van der Waals surface area (Å²) < 4.78 is 19.9. The van der Waals surface area contributed by atoms with E-state index in [1.807, 2.05) is 6.92 Å². The number of nitrogens with zero attached hydrogens (tertiary/aromatic N) is 2. The number of Topliss-reactive ketones (excluding diaryl/α,β-unsaturated/α-hetero) is 1. The second-order valence-corrected chi connectivity index (χ2v) is 8.06. The summed E-state index contributed by atoms with van der Waals surface area (Å²) in [6.45, 7) is 4.12. The molecule has 28 heavy (non-hydrogen) atoms. The number of cyclic esters (lactones) is 1. The number of nitrogens with one attached hydrogen (secondary N) is 1. The lowest BCUT2D eigenvalue weighted by Crippen LogP contribution is -2.60. The second kappa shape index (κ2) is 8.13. The maximum absolute atomic E-state index is 14.8. The van der Waals surface area contributed by atoms with Crippen LogP contribution in [0.4, 0.5) is 20.6 Å². The van der Waals surface area contributed by atoms with Gasteiger partial charge in [-0.1, -0.05) is 30.1 Å². The Morgan fingerprint density at radius 3 is 2.64 bits per heavy atom. The Balaban J connectivity index is 1.73. The Hall–Kier alpha value is -2.06. The van der Waals surface area contributed by atoms with Crippen LogP contribution in [-0.2, 0) is 14.3 Å². The molecule has 2 aliphatic heterocycles. The van der Waals surface area contributed by atoms with Crippen LogP contribution in [-0.4, -0.2) is 54.4 Å². The molecule has 0 saturated carbocycles. The highest BCUT2D eigenvalue weighted by molar-refractivity contribution is 6.54. The molecule has 0 aromatic heterocycles. The molecule has 3 rings (SSSR count). The average molecular weight is 432 g/mol. The van der Waals surface area contributed by atoms with Crippen LogP contribution in [0.15, 0.2) is 18.2 Å². The fraction of sp³-hybridized carbons (Fsp3) is 0.500. The molecule has 0 aliphatic carbocycles. The van der Waals surface area contributed by atoms with Crippen molar-refractivity contribution in [1.29, 1.82) is 0 Å². The summed E-state index contributed by atoms with van der Waals surface area (Å²) in [4.78, 5) is 37.0. The zero-order valence-electron chi connectivity index (χ0n) is 15.3.